The van der Waals surface area contributed by atoms with Gasteiger partial charge in [0, 0.05) is 13.6 Å². The van der Waals surface area contributed by atoms with Crippen molar-refractivity contribution < 1.29 is 0 Å². The number of nitrogen functional groups attached to an aromatic ring is 1. The van der Waals surface area contributed by atoms with E-state index >= 15 is 0 Å². The normalized spacial score (nSPS) is 10.4. The van der Waals surface area contributed by atoms with Crippen LogP contribution in [0.1, 0.15) is 18.4 Å². The summed E-state index contributed by atoms with van der Waals surface area (Å²) in [6.07, 6.45) is 3.54. The van der Waals surface area contributed by atoms with E-state index in [0.717, 1.165) is 24.3 Å². The molecule has 0 aliphatic carbocycles. The number of hydrogen-bond donors (Lipinski definition) is 1. The highest BCUT2D eigenvalue weighted by atomic mass is 15.1. The Hall–Kier alpha value is -1.96. The molecule has 2 N–H and O–H groups in total. The second-order valence-corrected chi connectivity index (χ2v) is 4.92. The Kier molecular flexibility index (Phi) is 4.85. The zero-order valence-corrected chi connectivity index (χ0v) is 11.5. The molecular formula is C17H22N2. The Bertz CT molecular complexity index is 494. The number of nitrogens with two attached hydrogens (primary N) is 1. The number of para-hydroxylation sites is 2. The van der Waals surface area contributed by atoms with E-state index in [1.54, 1.807) is 0 Å². The maximum atomic E-state index is 5.98. The minimum Gasteiger partial charge on any atom is -0.397 e. The molecule has 0 aliphatic rings. The third-order valence-electron chi connectivity index (χ3n) is 3.40. The van der Waals surface area contributed by atoms with Gasteiger partial charge in [-0.2, -0.15) is 0 Å². The van der Waals surface area contributed by atoms with Crippen molar-refractivity contribution in [3.63, 3.8) is 0 Å². The maximum Gasteiger partial charge on any atom is 0.0597 e. The maximum absolute atomic E-state index is 5.98. The molecule has 0 radical (unpaired) electrons. The van der Waals surface area contributed by atoms with Crippen LogP contribution in [0.3, 0.4) is 0 Å². The topological polar surface area (TPSA) is 29.3 Å². The van der Waals surface area contributed by atoms with Gasteiger partial charge in [0.2, 0.25) is 0 Å². The van der Waals surface area contributed by atoms with Gasteiger partial charge in [0.1, 0.15) is 0 Å². The molecule has 0 saturated carbocycles. The standard InChI is InChI=1S/C17H22N2/c1-19(17-13-6-5-12-16(17)18)14-8-7-11-15-9-3-2-4-10-15/h2-6,9-10,12-13H,7-8,11,14,18H2,1H3. The average Bonchev–Trinajstić information content (AvgIpc) is 2.45. The Morgan fingerprint density at radius 1 is 0.895 bits per heavy atom. The highest BCUT2D eigenvalue weighted by Crippen LogP contribution is 2.21. The molecule has 100 valence electrons. The zero-order valence-electron chi connectivity index (χ0n) is 11.5. The molecule has 0 spiro atoms. The van der Waals surface area contributed by atoms with Crippen LogP contribution in [0.4, 0.5) is 11.4 Å². The number of aryl methyl sites for hydroxylation is 1. The van der Waals surface area contributed by atoms with Crippen LogP contribution in [0.5, 0.6) is 0 Å². The number of rotatable bonds is 6. The van der Waals surface area contributed by atoms with Gasteiger partial charge in [-0.15, -0.1) is 0 Å². The first-order valence-electron chi connectivity index (χ1n) is 6.87. The Morgan fingerprint density at radius 2 is 1.58 bits per heavy atom. The molecule has 2 aromatic rings. The van der Waals surface area contributed by atoms with E-state index in [-0.39, 0.29) is 0 Å². The van der Waals surface area contributed by atoms with Crippen molar-refractivity contribution in [3.8, 4) is 0 Å². The van der Waals surface area contributed by atoms with E-state index in [2.05, 4.69) is 48.3 Å². The summed E-state index contributed by atoms with van der Waals surface area (Å²) in [6.45, 7) is 1.04. The van der Waals surface area contributed by atoms with E-state index in [9.17, 15) is 0 Å². The third kappa shape index (κ3) is 4.02. The fraction of sp³-hybridized carbons (Fsp3) is 0.294. The lowest BCUT2D eigenvalue weighted by Gasteiger charge is -2.20. The molecule has 2 nitrogen and oxygen atoms in total. The molecule has 2 heteroatoms. The summed E-state index contributed by atoms with van der Waals surface area (Å²) in [4.78, 5) is 2.24. The third-order valence-corrected chi connectivity index (χ3v) is 3.40. The van der Waals surface area contributed by atoms with E-state index in [1.807, 2.05) is 18.2 Å². The van der Waals surface area contributed by atoms with Crippen molar-refractivity contribution in [1.82, 2.24) is 0 Å². The molecule has 0 atom stereocenters. The van der Waals surface area contributed by atoms with Crippen molar-refractivity contribution in [1.29, 1.82) is 0 Å². The Morgan fingerprint density at radius 3 is 2.32 bits per heavy atom. The molecule has 0 heterocycles. The van der Waals surface area contributed by atoms with E-state index in [0.29, 0.717) is 0 Å². The molecular weight excluding hydrogens is 232 g/mol. The van der Waals surface area contributed by atoms with Gasteiger partial charge < -0.3 is 10.6 Å². The number of benzene rings is 2. The summed E-state index contributed by atoms with van der Waals surface area (Å²) in [5, 5.41) is 0. The number of unbranched alkanes of at least 4 members (excludes halogenated alkanes) is 1. The first-order chi connectivity index (χ1) is 9.27. The minimum atomic E-state index is 0.855. The lowest BCUT2D eigenvalue weighted by molar-refractivity contribution is 0.720. The number of hydrogen-bond acceptors (Lipinski definition) is 2. The van der Waals surface area contributed by atoms with Crippen molar-refractivity contribution in [2.24, 2.45) is 0 Å². The van der Waals surface area contributed by atoms with Gasteiger partial charge >= 0.3 is 0 Å². The summed E-state index contributed by atoms with van der Waals surface area (Å²) in [6, 6.07) is 18.7. The van der Waals surface area contributed by atoms with E-state index < -0.39 is 0 Å². The molecule has 19 heavy (non-hydrogen) atoms. The van der Waals surface area contributed by atoms with Gasteiger partial charge in [0.15, 0.2) is 0 Å². The average molecular weight is 254 g/mol. The molecule has 0 aromatic heterocycles. The summed E-state index contributed by atoms with van der Waals surface area (Å²) in [5.74, 6) is 0. The Labute approximate surface area is 115 Å². The highest BCUT2D eigenvalue weighted by Gasteiger charge is 2.03. The molecule has 0 amide bonds. The SMILES string of the molecule is CN(CCCCc1ccccc1)c1ccccc1N. The molecule has 0 saturated heterocycles. The smallest absolute Gasteiger partial charge is 0.0597 e. The number of anilines is 2. The largest absolute Gasteiger partial charge is 0.397 e. The van der Waals surface area contributed by atoms with Crippen LogP contribution in [-0.4, -0.2) is 13.6 Å². The molecule has 2 rings (SSSR count). The monoisotopic (exact) mass is 254 g/mol. The predicted molar refractivity (Wildman–Crippen MR) is 83.5 cm³/mol. The second kappa shape index (κ2) is 6.83. The van der Waals surface area contributed by atoms with Gasteiger partial charge in [-0.05, 0) is 37.0 Å². The van der Waals surface area contributed by atoms with Crippen LogP contribution >= 0.6 is 0 Å². The van der Waals surface area contributed by atoms with Gasteiger partial charge in [-0.1, -0.05) is 42.5 Å². The van der Waals surface area contributed by atoms with Crippen LogP contribution in [0.15, 0.2) is 54.6 Å². The molecule has 0 unspecified atom stereocenters. The highest BCUT2D eigenvalue weighted by molar-refractivity contribution is 5.66. The summed E-state index contributed by atoms with van der Waals surface area (Å²) < 4.78 is 0. The molecule has 2 aromatic carbocycles. The van der Waals surface area contributed by atoms with Crippen LogP contribution in [0, 0.1) is 0 Å². The van der Waals surface area contributed by atoms with E-state index in [4.69, 9.17) is 5.73 Å². The zero-order chi connectivity index (χ0) is 13.5. The fourth-order valence-corrected chi connectivity index (χ4v) is 2.28. The van der Waals surface area contributed by atoms with Crippen LogP contribution in [-0.2, 0) is 6.42 Å². The molecule has 0 aliphatic heterocycles. The minimum absolute atomic E-state index is 0.855. The summed E-state index contributed by atoms with van der Waals surface area (Å²) in [7, 11) is 2.11. The van der Waals surface area contributed by atoms with Crippen molar-refractivity contribution >= 4 is 11.4 Å². The van der Waals surface area contributed by atoms with Gasteiger partial charge in [-0.25, -0.2) is 0 Å². The Balaban J connectivity index is 1.76. The van der Waals surface area contributed by atoms with Crippen molar-refractivity contribution in [2.75, 3.05) is 24.2 Å². The number of nitrogens with zero attached hydrogens (tertiary/aromatic N) is 1. The van der Waals surface area contributed by atoms with Crippen LogP contribution in [0.2, 0.25) is 0 Å². The van der Waals surface area contributed by atoms with Crippen LogP contribution in [0.25, 0.3) is 0 Å². The second-order valence-electron chi connectivity index (χ2n) is 4.92. The molecule has 0 bridgehead atoms. The fourth-order valence-electron chi connectivity index (χ4n) is 2.28. The van der Waals surface area contributed by atoms with Gasteiger partial charge in [0.25, 0.3) is 0 Å². The first-order valence-corrected chi connectivity index (χ1v) is 6.87. The van der Waals surface area contributed by atoms with Gasteiger partial charge in [-0.3, -0.25) is 0 Å². The quantitative estimate of drug-likeness (QED) is 0.628. The lowest BCUT2D eigenvalue weighted by atomic mass is 10.1. The van der Waals surface area contributed by atoms with Crippen molar-refractivity contribution in [3.05, 3.63) is 60.2 Å². The van der Waals surface area contributed by atoms with Gasteiger partial charge in [0.05, 0.1) is 11.4 Å². The summed E-state index contributed by atoms with van der Waals surface area (Å²) in [5.41, 5.74) is 9.38. The summed E-state index contributed by atoms with van der Waals surface area (Å²) >= 11 is 0. The predicted octanol–water partition coefficient (Wildman–Crippen LogP) is 3.73. The lowest BCUT2D eigenvalue weighted by Crippen LogP contribution is -2.19. The van der Waals surface area contributed by atoms with E-state index in [1.165, 1.54) is 18.4 Å². The first kappa shape index (κ1) is 13.5. The van der Waals surface area contributed by atoms with Crippen LogP contribution < -0.4 is 10.6 Å². The molecule has 0 fully saturated rings. The van der Waals surface area contributed by atoms with Crippen molar-refractivity contribution in [2.45, 2.75) is 19.3 Å².